The number of guanidine groups is 1. The van der Waals surface area contributed by atoms with Gasteiger partial charge in [0.25, 0.3) is 0 Å². The second-order valence-corrected chi connectivity index (χ2v) is 6.27. The van der Waals surface area contributed by atoms with Gasteiger partial charge in [-0.1, -0.05) is 18.2 Å². The summed E-state index contributed by atoms with van der Waals surface area (Å²) in [5, 5.41) is 4.27. The normalized spacial score (nSPS) is 18.1. The highest BCUT2D eigenvalue weighted by Crippen LogP contribution is 2.22. The maximum Gasteiger partial charge on any atom is 0.189 e. The van der Waals surface area contributed by atoms with Crippen LogP contribution in [0.1, 0.15) is 18.4 Å². The molecule has 6 heteroatoms. The molecule has 3 N–H and O–H groups in total. The van der Waals surface area contributed by atoms with Crippen LogP contribution in [0.15, 0.2) is 35.3 Å². The zero-order chi connectivity index (χ0) is 16.9. The Morgan fingerprint density at radius 3 is 3.00 bits per heavy atom. The number of para-hydroxylation sites is 1. The highest BCUT2D eigenvalue weighted by Gasteiger charge is 2.15. The van der Waals surface area contributed by atoms with E-state index in [1.165, 1.54) is 0 Å². The zero-order valence-electron chi connectivity index (χ0n) is 14.3. The molecule has 1 fully saturated rings. The van der Waals surface area contributed by atoms with Gasteiger partial charge in [-0.25, -0.2) is 9.98 Å². The van der Waals surface area contributed by atoms with E-state index in [0.29, 0.717) is 12.5 Å². The summed E-state index contributed by atoms with van der Waals surface area (Å²) in [7, 11) is 3.98. The predicted molar refractivity (Wildman–Crippen MR) is 98.4 cm³/mol. The number of hydrogen-bond donors (Lipinski definition) is 2. The van der Waals surface area contributed by atoms with Crippen molar-refractivity contribution in [2.24, 2.45) is 10.7 Å². The van der Waals surface area contributed by atoms with Crippen molar-refractivity contribution in [3.05, 3.63) is 35.9 Å². The summed E-state index contributed by atoms with van der Waals surface area (Å²) in [6.07, 6.45) is 2.46. The number of pyridine rings is 1. The Morgan fingerprint density at radius 1 is 1.42 bits per heavy atom. The molecule has 1 aliphatic rings. The molecule has 1 unspecified atom stereocenters. The lowest BCUT2D eigenvalue weighted by molar-refractivity contribution is 0.114. The summed E-state index contributed by atoms with van der Waals surface area (Å²) in [5.74, 6) is 1.38. The van der Waals surface area contributed by atoms with Crippen LogP contribution in [0, 0.1) is 0 Å². The molecule has 6 nitrogen and oxygen atoms in total. The molecule has 0 saturated carbocycles. The first-order valence-electron chi connectivity index (χ1n) is 8.35. The van der Waals surface area contributed by atoms with Gasteiger partial charge in [0.05, 0.1) is 18.2 Å². The van der Waals surface area contributed by atoms with Gasteiger partial charge < -0.3 is 20.7 Å². The monoisotopic (exact) mass is 327 g/mol. The van der Waals surface area contributed by atoms with Crippen LogP contribution in [-0.4, -0.2) is 44.3 Å². The van der Waals surface area contributed by atoms with Gasteiger partial charge in [-0.2, -0.15) is 0 Å². The van der Waals surface area contributed by atoms with E-state index < -0.39 is 0 Å². The van der Waals surface area contributed by atoms with E-state index in [-0.39, 0.29) is 6.10 Å². The average Bonchev–Trinajstić information content (AvgIpc) is 3.11. The summed E-state index contributed by atoms with van der Waals surface area (Å²) in [5.41, 5.74) is 8.09. The van der Waals surface area contributed by atoms with Crippen LogP contribution in [-0.2, 0) is 11.3 Å². The number of aromatic nitrogens is 1. The maximum atomic E-state index is 6.00. The fourth-order valence-corrected chi connectivity index (χ4v) is 2.84. The molecule has 2 aromatic rings. The van der Waals surface area contributed by atoms with E-state index in [2.05, 4.69) is 27.4 Å². The van der Waals surface area contributed by atoms with Crippen LogP contribution in [0.4, 0.5) is 5.82 Å². The first-order valence-corrected chi connectivity index (χ1v) is 8.35. The number of nitrogens with zero attached hydrogens (tertiary/aromatic N) is 3. The van der Waals surface area contributed by atoms with Crippen molar-refractivity contribution < 1.29 is 4.74 Å². The molecule has 0 aliphatic carbocycles. The molecule has 1 aromatic carbocycles. The summed E-state index contributed by atoms with van der Waals surface area (Å²) >= 11 is 0. The molecule has 1 atom stereocenters. The lowest BCUT2D eigenvalue weighted by Gasteiger charge is -2.15. The SMILES string of the molecule is CN(C)c1cc(CN=C(N)NCC2CCCO2)c2ccccc2n1. The van der Waals surface area contributed by atoms with E-state index in [0.717, 1.165) is 48.3 Å². The van der Waals surface area contributed by atoms with Crippen LogP contribution in [0.25, 0.3) is 10.9 Å². The van der Waals surface area contributed by atoms with Crippen molar-refractivity contribution in [2.75, 3.05) is 32.1 Å². The van der Waals surface area contributed by atoms with Gasteiger partial charge in [0.1, 0.15) is 5.82 Å². The largest absolute Gasteiger partial charge is 0.376 e. The molecule has 0 amide bonds. The molecular formula is C18H25N5O. The van der Waals surface area contributed by atoms with Gasteiger partial charge in [-0.3, -0.25) is 0 Å². The van der Waals surface area contributed by atoms with Crippen molar-refractivity contribution in [3.63, 3.8) is 0 Å². The molecule has 1 aliphatic heterocycles. The van der Waals surface area contributed by atoms with Gasteiger partial charge in [-0.05, 0) is 30.5 Å². The third kappa shape index (κ3) is 3.94. The first kappa shape index (κ1) is 16.5. The maximum absolute atomic E-state index is 6.00. The Labute approximate surface area is 142 Å². The summed E-state index contributed by atoms with van der Waals surface area (Å²) in [4.78, 5) is 11.2. The second kappa shape index (κ2) is 7.49. The third-order valence-electron chi connectivity index (χ3n) is 4.20. The van der Waals surface area contributed by atoms with Crippen molar-refractivity contribution in [2.45, 2.75) is 25.5 Å². The highest BCUT2D eigenvalue weighted by molar-refractivity contribution is 5.84. The van der Waals surface area contributed by atoms with Crippen molar-refractivity contribution in [3.8, 4) is 0 Å². The van der Waals surface area contributed by atoms with Crippen LogP contribution in [0.5, 0.6) is 0 Å². The minimum atomic E-state index is 0.251. The zero-order valence-corrected chi connectivity index (χ0v) is 14.3. The quantitative estimate of drug-likeness (QED) is 0.648. The van der Waals surface area contributed by atoms with E-state index in [4.69, 9.17) is 10.5 Å². The third-order valence-corrected chi connectivity index (χ3v) is 4.20. The number of rotatable bonds is 5. The summed E-state index contributed by atoms with van der Waals surface area (Å²) < 4.78 is 5.58. The summed E-state index contributed by atoms with van der Waals surface area (Å²) in [6.45, 7) is 2.09. The Morgan fingerprint density at radius 2 is 2.25 bits per heavy atom. The van der Waals surface area contributed by atoms with Crippen LogP contribution >= 0.6 is 0 Å². The molecule has 0 bridgehead atoms. The number of nitrogens with one attached hydrogen (secondary N) is 1. The van der Waals surface area contributed by atoms with Gasteiger partial charge in [0, 0.05) is 32.6 Å². The van der Waals surface area contributed by atoms with Gasteiger partial charge >= 0.3 is 0 Å². The minimum absolute atomic E-state index is 0.251. The van der Waals surface area contributed by atoms with Gasteiger partial charge in [0.15, 0.2) is 5.96 Å². The molecule has 1 saturated heterocycles. The van der Waals surface area contributed by atoms with Gasteiger partial charge in [0.2, 0.25) is 0 Å². The lowest BCUT2D eigenvalue weighted by Crippen LogP contribution is -2.37. The smallest absolute Gasteiger partial charge is 0.189 e. The lowest BCUT2D eigenvalue weighted by atomic mass is 10.1. The molecule has 3 rings (SSSR count). The number of ether oxygens (including phenoxy) is 1. The van der Waals surface area contributed by atoms with Crippen molar-refractivity contribution >= 4 is 22.7 Å². The minimum Gasteiger partial charge on any atom is -0.376 e. The van der Waals surface area contributed by atoms with E-state index in [1.807, 2.05) is 37.2 Å². The number of fused-ring (bicyclic) bond motifs is 1. The molecule has 0 radical (unpaired) electrons. The Hall–Kier alpha value is -2.34. The molecular weight excluding hydrogens is 302 g/mol. The molecule has 0 spiro atoms. The standard InChI is InChI=1S/C18H25N5O/c1-23(2)17-10-13(15-7-3-4-8-16(15)22-17)11-20-18(19)21-12-14-6-5-9-24-14/h3-4,7-8,10,14H,5-6,9,11-12H2,1-2H3,(H3,19,20,21). The number of benzene rings is 1. The summed E-state index contributed by atoms with van der Waals surface area (Å²) in [6, 6.07) is 10.2. The van der Waals surface area contributed by atoms with Crippen molar-refractivity contribution in [1.29, 1.82) is 0 Å². The fourth-order valence-electron chi connectivity index (χ4n) is 2.84. The van der Waals surface area contributed by atoms with Crippen LogP contribution in [0.3, 0.4) is 0 Å². The Balaban J connectivity index is 1.74. The average molecular weight is 327 g/mol. The highest BCUT2D eigenvalue weighted by atomic mass is 16.5. The van der Waals surface area contributed by atoms with E-state index in [1.54, 1.807) is 0 Å². The first-order chi connectivity index (χ1) is 11.6. The van der Waals surface area contributed by atoms with E-state index in [9.17, 15) is 0 Å². The second-order valence-electron chi connectivity index (χ2n) is 6.27. The molecule has 128 valence electrons. The molecule has 24 heavy (non-hydrogen) atoms. The van der Waals surface area contributed by atoms with E-state index >= 15 is 0 Å². The molecule has 1 aromatic heterocycles. The number of anilines is 1. The Kier molecular flexibility index (Phi) is 5.15. The number of hydrogen-bond acceptors (Lipinski definition) is 4. The van der Waals surface area contributed by atoms with Gasteiger partial charge in [-0.15, -0.1) is 0 Å². The number of aliphatic imine (C=N–C) groups is 1. The Bertz CT molecular complexity index is 722. The van der Waals surface area contributed by atoms with Crippen LogP contribution in [0.2, 0.25) is 0 Å². The van der Waals surface area contributed by atoms with Crippen LogP contribution < -0.4 is 16.0 Å². The number of nitrogens with two attached hydrogens (primary N) is 1. The fraction of sp³-hybridized carbons (Fsp3) is 0.444. The predicted octanol–water partition coefficient (Wildman–Crippen LogP) is 1.88. The topological polar surface area (TPSA) is 75.8 Å². The van der Waals surface area contributed by atoms with Crippen molar-refractivity contribution in [1.82, 2.24) is 10.3 Å². The molecule has 2 heterocycles.